The molecule has 34 heavy (non-hydrogen) atoms. The topological polar surface area (TPSA) is 93.8 Å². The molecule has 1 fully saturated rings. The summed E-state index contributed by atoms with van der Waals surface area (Å²) in [5, 5.41) is 8.13. The molecule has 2 aliphatic heterocycles. The van der Waals surface area contributed by atoms with Crippen LogP contribution in [0.25, 0.3) is 0 Å². The Labute approximate surface area is 200 Å². The zero-order valence-electron chi connectivity index (χ0n) is 19.9. The monoisotopic (exact) mass is 463 g/mol. The van der Waals surface area contributed by atoms with Crippen molar-refractivity contribution in [1.82, 2.24) is 10.2 Å². The fourth-order valence-corrected chi connectivity index (χ4v) is 4.82. The minimum Gasteiger partial charge on any atom is -0.374 e. The molecule has 8 nitrogen and oxygen atoms in total. The van der Waals surface area contributed by atoms with Crippen LogP contribution < -0.4 is 20.9 Å². The first-order valence-electron chi connectivity index (χ1n) is 12.0. The van der Waals surface area contributed by atoms with Gasteiger partial charge in [0.1, 0.15) is 0 Å². The van der Waals surface area contributed by atoms with E-state index < -0.39 is 11.8 Å². The normalized spacial score (nSPS) is 16.5. The molecular weight excluding hydrogens is 430 g/mol. The molecule has 1 saturated heterocycles. The van der Waals surface area contributed by atoms with Crippen molar-refractivity contribution in [3.8, 4) is 0 Å². The predicted octanol–water partition coefficient (Wildman–Crippen LogP) is 2.92. The van der Waals surface area contributed by atoms with Crippen LogP contribution in [0, 0.1) is 0 Å². The molecule has 0 aromatic heterocycles. The second kappa shape index (κ2) is 10.7. The van der Waals surface area contributed by atoms with Crippen molar-refractivity contribution in [2.24, 2.45) is 0 Å². The highest BCUT2D eigenvalue weighted by Crippen LogP contribution is 2.31. The number of fused-ring (bicyclic) bond motifs is 1. The Kier molecular flexibility index (Phi) is 7.47. The van der Waals surface area contributed by atoms with Crippen LogP contribution in [0.15, 0.2) is 42.5 Å². The van der Waals surface area contributed by atoms with E-state index in [4.69, 9.17) is 0 Å². The Hall–Kier alpha value is -3.39. The SMILES string of the molecule is CC(=O)Nc1ccc(NC(=O)C(=O)NC[C@@H](c2ccc3c(c2)CCCN3C)N2CCCC2)cc1. The third-order valence-electron chi connectivity index (χ3n) is 6.55. The number of benzene rings is 2. The number of hydrogen-bond acceptors (Lipinski definition) is 5. The van der Waals surface area contributed by atoms with Crippen LogP contribution in [0.3, 0.4) is 0 Å². The first kappa shape index (κ1) is 23.8. The molecule has 4 rings (SSSR count). The Morgan fingerprint density at radius 3 is 2.24 bits per heavy atom. The van der Waals surface area contributed by atoms with Crippen molar-refractivity contribution in [2.45, 2.75) is 38.6 Å². The average Bonchev–Trinajstić information content (AvgIpc) is 3.35. The lowest BCUT2D eigenvalue weighted by Gasteiger charge is -2.31. The number of carbonyl (C=O) groups is 3. The molecule has 2 aliphatic rings. The van der Waals surface area contributed by atoms with Gasteiger partial charge in [-0.1, -0.05) is 12.1 Å². The van der Waals surface area contributed by atoms with Crippen LogP contribution in [0.4, 0.5) is 17.1 Å². The highest BCUT2D eigenvalue weighted by Gasteiger charge is 2.26. The molecule has 2 aromatic carbocycles. The van der Waals surface area contributed by atoms with Gasteiger partial charge in [-0.25, -0.2) is 0 Å². The summed E-state index contributed by atoms with van der Waals surface area (Å²) < 4.78 is 0. The van der Waals surface area contributed by atoms with Crippen LogP contribution in [0.1, 0.15) is 43.4 Å². The molecule has 2 aromatic rings. The molecular formula is C26H33N5O3. The van der Waals surface area contributed by atoms with Gasteiger partial charge >= 0.3 is 11.8 Å². The quantitative estimate of drug-likeness (QED) is 0.573. The van der Waals surface area contributed by atoms with E-state index in [0.29, 0.717) is 17.9 Å². The van der Waals surface area contributed by atoms with Gasteiger partial charge in [0.15, 0.2) is 0 Å². The molecule has 3 amide bonds. The van der Waals surface area contributed by atoms with Crippen molar-refractivity contribution in [3.05, 3.63) is 53.6 Å². The Morgan fingerprint density at radius 2 is 1.56 bits per heavy atom. The summed E-state index contributed by atoms with van der Waals surface area (Å²) in [6, 6.07) is 13.3. The Morgan fingerprint density at radius 1 is 0.882 bits per heavy atom. The highest BCUT2D eigenvalue weighted by atomic mass is 16.2. The van der Waals surface area contributed by atoms with E-state index in [0.717, 1.165) is 45.3 Å². The van der Waals surface area contributed by atoms with Gasteiger partial charge in [0.2, 0.25) is 5.91 Å². The lowest BCUT2D eigenvalue weighted by Crippen LogP contribution is -2.41. The largest absolute Gasteiger partial charge is 0.374 e. The summed E-state index contributed by atoms with van der Waals surface area (Å²) in [7, 11) is 2.13. The molecule has 0 aliphatic carbocycles. The number of nitrogens with one attached hydrogen (secondary N) is 3. The standard InChI is InChI=1S/C26H33N5O3/c1-18(32)28-21-8-10-22(11-9-21)29-26(34)25(33)27-17-24(31-14-3-4-15-31)20-7-12-23-19(16-20)6-5-13-30(23)2/h7-12,16,24H,3-6,13-15,17H2,1-2H3,(H,27,33)(H,28,32)(H,29,34)/t24-/m0/s1. The van der Waals surface area contributed by atoms with Crippen molar-refractivity contribution >= 4 is 34.8 Å². The van der Waals surface area contributed by atoms with Crippen LogP contribution in [-0.2, 0) is 20.8 Å². The van der Waals surface area contributed by atoms with Gasteiger partial charge < -0.3 is 20.9 Å². The number of amides is 3. The van der Waals surface area contributed by atoms with E-state index in [1.54, 1.807) is 24.3 Å². The molecule has 2 heterocycles. The molecule has 3 N–H and O–H groups in total. The molecule has 0 radical (unpaired) electrons. The van der Waals surface area contributed by atoms with Crippen LogP contribution in [-0.4, -0.2) is 55.8 Å². The van der Waals surface area contributed by atoms with Crippen molar-refractivity contribution in [1.29, 1.82) is 0 Å². The van der Waals surface area contributed by atoms with Crippen molar-refractivity contribution in [3.63, 3.8) is 0 Å². The Bertz CT molecular complexity index is 1050. The molecule has 0 spiro atoms. The lowest BCUT2D eigenvalue weighted by molar-refractivity contribution is -0.136. The second-order valence-corrected chi connectivity index (χ2v) is 9.09. The fourth-order valence-electron chi connectivity index (χ4n) is 4.82. The maximum absolute atomic E-state index is 12.6. The van der Waals surface area contributed by atoms with Gasteiger partial charge in [0.05, 0.1) is 6.04 Å². The van der Waals surface area contributed by atoms with E-state index in [9.17, 15) is 14.4 Å². The van der Waals surface area contributed by atoms with Crippen LogP contribution >= 0.6 is 0 Å². The number of rotatable bonds is 6. The number of carbonyl (C=O) groups excluding carboxylic acids is 3. The smallest absolute Gasteiger partial charge is 0.313 e. The highest BCUT2D eigenvalue weighted by molar-refractivity contribution is 6.39. The minimum atomic E-state index is -0.709. The third kappa shape index (κ3) is 5.75. The minimum absolute atomic E-state index is 0.0359. The molecule has 180 valence electrons. The number of nitrogens with zero attached hydrogens (tertiary/aromatic N) is 2. The van der Waals surface area contributed by atoms with Gasteiger partial charge in [-0.05, 0) is 80.2 Å². The summed E-state index contributed by atoms with van der Waals surface area (Å²) in [5.41, 5.74) is 4.93. The Balaban J connectivity index is 1.40. The van der Waals surface area contributed by atoms with Gasteiger partial charge in [-0.3, -0.25) is 19.3 Å². The van der Waals surface area contributed by atoms with Crippen LogP contribution in [0.5, 0.6) is 0 Å². The van der Waals surface area contributed by atoms with Crippen molar-refractivity contribution in [2.75, 3.05) is 48.8 Å². The van der Waals surface area contributed by atoms with Gasteiger partial charge in [0.25, 0.3) is 0 Å². The summed E-state index contributed by atoms with van der Waals surface area (Å²) >= 11 is 0. The van der Waals surface area contributed by atoms with E-state index in [1.807, 2.05) is 0 Å². The number of likely N-dealkylation sites (tertiary alicyclic amines) is 1. The summed E-state index contributed by atoms with van der Waals surface area (Å²) in [6.45, 7) is 4.86. The molecule has 0 saturated carbocycles. The third-order valence-corrected chi connectivity index (χ3v) is 6.55. The van der Waals surface area contributed by atoms with Gasteiger partial charge in [0, 0.05) is 44.1 Å². The number of hydrogen-bond donors (Lipinski definition) is 3. The summed E-state index contributed by atoms with van der Waals surface area (Å²) in [6.07, 6.45) is 4.50. The average molecular weight is 464 g/mol. The molecule has 0 unspecified atom stereocenters. The molecule has 8 heteroatoms. The molecule has 0 bridgehead atoms. The van der Waals surface area contributed by atoms with E-state index in [2.05, 4.69) is 51.0 Å². The zero-order chi connectivity index (χ0) is 24.1. The van der Waals surface area contributed by atoms with E-state index in [-0.39, 0.29) is 11.9 Å². The van der Waals surface area contributed by atoms with Gasteiger partial charge in [-0.15, -0.1) is 0 Å². The maximum atomic E-state index is 12.6. The van der Waals surface area contributed by atoms with Crippen LogP contribution in [0.2, 0.25) is 0 Å². The van der Waals surface area contributed by atoms with Crippen molar-refractivity contribution < 1.29 is 14.4 Å². The van der Waals surface area contributed by atoms with Gasteiger partial charge in [-0.2, -0.15) is 0 Å². The summed E-state index contributed by atoms with van der Waals surface area (Å²) in [5.74, 6) is -1.54. The predicted molar refractivity (Wildman–Crippen MR) is 134 cm³/mol. The number of anilines is 3. The second-order valence-electron chi connectivity index (χ2n) is 9.09. The number of aryl methyl sites for hydroxylation is 1. The molecule has 1 atom stereocenters. The summed E-state index contributed by atoms with van der Waals surface area (Å²) in [4.78, 5) is 40.9. The van der Waals surface area contributed by atoms with E-state index >= 15 is 0 Å². The fraction of sp³-hybridized carbons (Fsp3) is 0.423. The van der Waals surface area contributed by atoms with E-state index in [1.165, 1.54) is 23.7 Å². The first-order valence-corrected chi connectivity index (χ1v) is 12.0. The maximum Gasteiger partial charge on any atom is 0.313 e. The first-order chi connectivity index (χ1) is 16.4. The lowest BCUT2D eigenvalue weighted by atomic mass is 9.96. The zero-order valence-corrected chi connectivity index (χ0v) is 19.9.